The molecular weight excluding hydrogens is 316 g/mol. The lowest BCUT2D eigenvalue weighted by molar-refractivity contribution is 0.156. The van der Waals surface area contributed by atoms with E-state index in [-0.39, 0.29) is 0 Å². The second-order valence-corrected chi connectivity index (χ2v) is 6.49. The lowest BCUT2D eigenvalue weighted by Gasteiger charge is -2.24. The number of nitrogens with one attached hydrogen (secondary N) is 1. The van der Waals surface area contributed by atoms with Crippen LogP contribution in [-0.2, 0) is 4.74 Å². The molecule has 2 fully saturated rings. The Morgan fingerprint density at radius 2 is 2.48 bits per heavy atom. The van der Waals surface area contributed by atoms with Gasteiger partial charge in [0, 0.05) is 38.4 Å². The van der Waals surface area contributed by atoms with Gasteiger partial charge in [-0.1, -0.05) is 11.6 Å². The maximum absolute atomic E-state index is 6.01. The van der Waals surface area contributed by atoms with Gasteiger partial charge in [0.15, 0.2) is 5.96 Å². The maximum Gasteiger partial charge on any atom is 0.232 e. The van der Waals surface area contributed by atoms with Gasteiger partial charge in [0.05, 0.1) is 13.2 Å². The number of hydrogen-bond acceptors (Lipinski definition) is 4. The third-order valence-electron chi connectivity index (χ3n) is 4.48. The number of ether oxygens (including phenoxy) is 2. The largest absolute Gasteiger partial charge is 0.475 e. The number of likely N-dealkylation sites (tertiary alicyclic amines) is 1. The summed E-state index contributed by atoms with van der Waals surface area (Å²) in [4.78, 5) is 10.8. The normalized spacial score (nSPS) is 24.4. The zero-order chi connectivity index (χ0) is 16.1. The number of pyridine rings is 1. The molecule has 7 heteroatoms. The molecule has 0 aromatic carbocycles. The highest BCUT2D eigenvalue weighted by Gasteiger charge is 2.42. The zero-order valence-corrected chi connectivity index (χ0v) is 14.2. The summed E-state index contributed by atoms with van der Waals surface area (Å²) in [5.74, 6) is 1.39. The molecule has 2 saturated heterocycles. The van der Waals surface area contributed by atoms with Gasteiger partial charge in [0.25, 0.3) is 0 Å². The fraction of sp³-hybridized carbons (Fsp3) is 0.625. The van der Waals surface area contributed by atoms with Gasteiger partial charge in [0.2, 0.25) is 5.88 Å². The third-order valence-corrected chi connectivity index (χ3v) is 4.77. The molecule has 2 aliphatic rings. The first-order chi connectivity index (χ1) is 11.2. The van der Waals surface area contributed by atoms with Crippen molar-refractivity contribution in [1.82, 2.24) is 15.2 Å². The van der Waals surface area contributed by atoms with Crippen LogP contribution in [0.2, 0.25) is 5.02 Å². The molecule has 3 heterocycles. The topological polar surface area (TPSA) is 59.0 Å². The number of guanidine groups is 1. The minimum atomic E-state index is 0.329. The summed E-state index contributed by atoms with van der Waals surface area (Å²) in [6.45, 7) is 4.94. The molecule has 1 N–H and O–H groups in total. The predicted molar refractivity (Wildman–Crippen MR) is 90.2 cm³/mol. The van der Waals surface area contributed by atoms with E-state index in [1.807, 2.05) is 7.05 Å². The highest BCUT2D eigenvalue weighted by atomic mass is 35.5. The molecule has 0 bridgehead atoms. The molecule has 0 amide bonds. The number of halogens is 1. The zero-order valence-electron chi connectivity index (χ0n) is 13.4. The van der Waals surface area contributed by atoms with Gasteiger partial charge in [-0.2, -0.15) is 0 Å². The van der Waals surface area contributed by atoms with E-state index in [9.17, 15) is 0 Å². The molecule has 1 aromatic rings. The molecule has 1 atom stereocenters. The molecule has 0 saturated carbocycles. The van der Waals surface area contributed by atoms with Crippen LogP contribution in [0.5, 0.6) is 5.88 Å². The van der Waals surface area contributed by atoms with Crippen molar-refractivity contribution in [3.63, 3.8) is 0 Å². The number of rotatable bonds is 4. The van der Waals surface area contributed by atoms with Crippen LogP contribution >= 0.6 is 11.6 Å². The van der Waals surface area contributed by atoms with Gasteiger partial charge in [-0.15, -0.1) is 0 Å². The number of aliphatic imine (C=N–C) groups is 1. The summed E-state index contributed by atoms with van der Waals surface area (Å²) in [6, 6.07) is 3.55. The minimum absolute atomic E-state index is 0.329. The number of nitrogens with zero attached hydrogens (tertiary/aromatic N) is 3. The molecule has 126 valence electrons. The van der Waals surface area contributed by atoms with Crippen molar-refractivity contribution >= 4 is 17.6 Å². The standard InChI is InChI=1S/C16H23ClN4O2/c1-18-15(21-8-4-16(11-21)5-9-22-12-16)20-7-10-23-14-13(17)3-2-6-19-14/h2-3,6H,4-5,7-12H2,1H3,(H,18,20). The van der Waals surface area contributed by atoms with Crippen LogP contribution < -0.4 is 10.1 Å². The molecule has 1 unspecified atom stereocenters. The van der Waals surface area contributed by atoms with Crippen LogP contribution in [0.4, 0.5) is 0 Å². The van der Waals surface area contributed by atoms with Crippen molar-refractivity contribution < 1.29 is 9.47 Å². The van der Waals surface area contributed by atoms with Crippen molar-refractivity contribution in [3.05, 3.63) is 23.4 Å². The highest BCUT2D eigenvalue weighted by Crippen LogP contribution is 2.38. The van der Waals surface area contributed by atoms with E-state index in [2.05, 4.69) is 20.2 Å². The molecule has 0 radical (unpaired) electrons. The molecule has 2 aliphatic heterocycles. The Balaban J connectivity index is 1.44. The van der Waals surface area contributed by atoms with Gasteiger partial charge >= 0.3 is 0 Å². The minimum Gasteiger partial charge on any atom is -0.475 e. The Kier molecular flexibility index (Phi) is 5.23. The summed E-state index contributed by atoms with van der Waals surface area (Å²) >= 11 is 6.01. The van der Waals surface area contributed by atoms with Crippen molar-refractivity contribution in [1.29, 1.82) is 0 Å². The number of hydrogen-bond donors (Lipinski definition) is 1. The van der Waals surface area contributed by atoms with Crippen LogP contribution in [0.1, 0.15) is 12.8 Å². The lowest BCUT2D eigenvalue weighted by atomic mass is 9.87. The van der Waals surface area contributed by atoms with E-state index >= 15 is 0 Å². The van der Waals surface area contributed by atoms with E-state index in [1.165, 1.54) is 6.42 Å². The van der Waals surface area contributed by atoms with Gasteiger partial charge in [-0.3, -0.25) is 4.99 Å². The number of aromatic nitrogens is 1. The van der Waals surface area contributed by atoms with E-state index in [0.717, 1.165) is 38.7 Å². The van der Waals surface area contributed by atoms with Crippen LogP contribution in [0.3, 0.4) is 0 Å². The second kappa shape index (κ2) is 7.36. The summed E-state index contributed by atoms with van der Waals surface area (Å²) in [5.41, 5.74) is 0.329. The van der Waals surface area contributed by atoms with Gasteiger partial charge in [0.1, 0.15) is 11.6 Å². The van der Waals surface area contributed by atoms with Gasteiger partial charge in [-0.05, 0) is 25.0 Å². The highest BCUT2D eigenvalue weighted by molar-refractivity contribution is 6.31. The smallest absolute Gasteiger partial charge is 0.232 e. The van der Waals surface area contributed by atoms with Crippen LogP contribution in [0.15, 0.2) is 23.3 Å². The first-order valence-electron chi connectivity index (χ1n) is 7.99. The summed E-state index contributed by atoms with van der Waals surface area (Å²) in [5, 5.41) is 3.87. The SMILES string of the molecule is CN=C(NCCOc1ncccc1Cl)N1CCC2(CCOC2)C1. The van der Waals surface area contributed by atoms with Crippen molar-refractivity contribution in [3.8, 4) is 5.88 Å². The Labute approximate surface area is 141 Å². The Bertz CT molecular complexity index is 561. The second-order valence-electron chi connectivity index (χ2n) is 6.09. The average molecular weight is 339 g/mol. The summed E-state index contributed by atoms with van der Waals surface area (Å²) in [6.07, 6.45) is 4.00. The molecule has 0 aliphatic carbocycles. The van der Waals surface area contributed by atoms with Crippen molar-refractivity contribution in [2.75, 3.05) is 46.5 Å². The Morgan fingerprint density at radius 1 is 1.57 bits per heavy atom. The Morgan fingerprint density at radius 3 is 3.22 bits per heavy atom. The van der Waals surface area contributed by atoms with E-state index < -0.39 is 0 Å². The van der Waals surface area contributed by atoms with Crippen molar-refractivity contribution in [2.24, 2.45) is 10.4 Å². The molecule has 3 rings (SSSR count). The van der Waals surface area contributed by atoms with Crippen LogP contribution in [-0.4, -0.2) is 62.3 Å². The first kappa shape index (κ1) is 16.3. The fourth-order valence-corrected chi connectivity index (χ4v) is 3.38. The molecule has 1 aromatic heterocycles. The molecule has 23 heavy (non-hydrogen) atoms. The van der Waals surface area contributed by atoms with E-state index in [4.69, 9.17) is 21.1 Å². The van der Waals surface area contributed by atoms with E-state index in [0.29, 0.717) is 29.5 Å². The summed E-state index contributed by atoms with van der Waals surface area (Å²) < 4.78 is 11.2. The average Bonchev–Trinajstić information content (AvgIpc) is 3.20. The molecular formula is C16H23ClN4O2. The van der Waals surface area contributed by atoms with E-state index in [1.54, 1.807) is 18.3 Å². The quantitative estimate of drug-likeness (QED) is 0.515. The third kappa shape index (κ3) is 3.87. The summed E-state index contributed by atoms with van der Waals surface area (Å²) in [7, 11) is 1.81. The first-order valence-corrected chi connectivity index (χ1v) is 8.37. The van der Waals surface area contributed by atoms with Crippen LogP contribution in [0.25, 0.3) is 0 Å². The van der Waals surface area contributed by atoms with Crippen LogP contribution in [0, 0.1) is 5.41 Å². The van der Waals surface area contributed by atoms with Gasteiger partial charge < -0.3 is 19.7 Å². The monoisotopic (exact) mass is 338 g/mol. The molecule has 1 spiro atoms. The fourth-order valence-electron chi connectivity index (χ4n) is 3.21. The predicted octanol–water partition coefficient (Wildman–Crippen LogP) is 1.80. The van der Waals surface area contributed by atoms with Gasteiger partial charge in [-0.25, -0.2) is 4.98 Å². The van der Waals surface area contributed by atoms with Crippen molar-refractivity contribution in [2.45, 2.75) is 12.8 Å². The maximum atomic E-state index is 6.01. The lowest BCUT2D eigenvalue weighted by Crippen LogP contribution is -2.42. The molecule has 6 nitrogen and oxygen atoms in total. The Hall–Kier alpha value is -1.53.